The topological polar surface area (TPSA) is 56.8 Å². The second kappa shape index (κ2) is 7.51. The van der Waals surface area contributed by atoms with Gasteiger partial charge in [-0.25, -0.2) is 0 Å². The molecule has 5 nitrogen and oxygen atoms in total. The van der Waals surface area contributed by atoms with E-state index in [-0.39, 0.29) is 17.6 Å². The van der Waals surface area contributed by atoms with Gasteiger partial charge >= 0.3 is 0 Å². The summed E-state index contributed by atoms with van der Waals surface area (Å²) in [7, 11) is 1.63. The molecule has 1 heterocycles. The second-order valence-corrected chi connectivity index (χ2v) is 7.61. The average Bonchev–Trinajstić information content (AvgIpc) is 2.60. The quantitative estimate of drug-likeness (QED) is 0.859. The minimum atomic E-state index is -0.605. The maximum absolute atomic E-state index is 12.8. The van der Waals surface area contributed by atoms with Crippen LogP contribution in [0.15, 0.2) is 42.5 Å². The van der Waals surface area contributed by atoms with Crippen molar-refractivity contribution in [1.29, 1.82) is 0 Å². The van der Waals surface area contributed by atoms with Gasteiger partial charge in [0.1, 0.15) is 22.8 Å². The summed E-state index contributed by atoms with van der Waals surface area (Å²) in [6.45, 7) is 7.79. The third-order valence-electron chi connectivity index (χ3n) is 4.66. The lowest BCUT2D eigenvalue weighted by molar-refractivity contribution is -0.128. The van der Waals surface area contributed by atoms with Crippen molar-refractivity contribution in [2.75, 3.05) is 7.11 Å². The summed E-state index contributed by atoms with van der Waals surface area (Å²) in [6, 6.07) is 13.2. The Morgan fingerprint density at radius 3 is 2.70 bits per heavy atom. The highest BCUT2D eigenvalue weighted by molar-refractivity contribution is 5.81. The van der Waals surface area contributed by atoms with Crippen molar-refractivity contribution in [3.05, 3.63) is 53.6 Å². The number of hydrogen-bond acceptors (Lipinski definition) is 4. The molecule has 1 N–H and O–H groups in total. The number of hydrogen-bond donors (Lipinski definition) is 1. The lowest BCUT2D eigenvalue weighted by atomic mass is 9.89. The highest BCUT2D eigenvalue weighted by Gasteiger charge is 2.35. The molecule has 27 heavy (non-hydrogen) atoms. The third kappa shape index (κ3) is 4.54. The van der Waals surface area contributed by atoms with Gasteiger partial charge in [0.2, 0.25) is 0 Å². The van der Waals surface area contributed by atoms with Crippen LogP contribution in [0, 0.1) is 6.92 Å². The molecule has 0 aromatic heterocycles. The van der Waals surface area contributed by atoms with E-state index in [1.54, 1.807) is 14.0 Å². The van der Waals surface area contributed by atoms with E-state index in [9.17, 15) is 4.79 Å². The fraction of sp³-hybridized carbons (Fsp3) is 0.409. The van der Waals surface area contributed by atoms with E-state index in [4.69, 9.17) is 14.2 Å². The van der Waals surface area contributed by atoms with Gasteiger partial charge in [-0.3, -0.25) is 4.79 Å². The summed E-state index contributed by atoms with van der Waals surface area (Å²) in [5, 5.41) is 3.12. The maximum Gasteiger partial charge on any atom is 0.261 e. The summed E-state index contributed by atoms with van der Waals surface area (Å²) >= 11 is 0. The van der Waals surface area contributed by atoms with Crippen LogP contribution in [0.4, 0.5) is 0 Å². The predicted molar refractivity (Wildman–Crippen MR) is 104 cm³/mol. The Bertz CT molecular complexity index is 831. The maximum atomic E-state index is 12.8. The first-order valence-electron chi connectivity index (χ1n) is 9.18. The van der Waals surface area contributed by atoms with Gasteiger partial charge in [0.25, 0.3) is 5.91 Å². The molecule has 3 rings (SSSR count). The number of benzene rings is 2. The highest BCUT2D eigenvalue weighted by Crippen LogP contribution is 2.41. The molecule has 0 bridgehead atoms. The van der Waals surface area contributed by atoms with E-state index < -0.39 is 6.10 Å². The molecule has 0 radical (unpaired) electrons. The molecule has 0 aliphatic carbocycles. The molecule has 5 heteroatoms. The Morgan fingerprint density at radius 2 is 2.00 bits per heavy atom. The summed E-state index contributed by atoms with van der Waals surface area (Å²) in [6.07, 6.45) is 0.0580. The number of ether oxygens (including phenoxy) is 3. The number of methoxy groups -OCH3 is 1. The number of carbonyl (C=O) groups excluding carboxylic acids is 1. The zero-order valence-electron chi connectivity index (χ0n) is 16.5. The van der Waals surface area contributed by atoms with E-state index in [1.165, 1.54) is 0 Å². The first kappa shape index (κ1) is 19.1. The van der Waals surface area contributed by atoms with Gasteiger partial charge in [0.05, 0.1) is 13.2 Å². The Hall–Kier alpha value is -2.69. The van der Waals surface area contributed by atoms with Crippen molar-refractivity contribution in [1.82, 2.24) is 5.32 Å². The molecule has 0 spiro atoms. The molecule has 1 amide bonds. The Morgan fingerprint density at radius 1 is 1.22 bits per heavy atom. The summed E-state index contributed by atoms with van der Waals surface area (Å²) in [5.41, 5.74) is 1.64. The van der Waals surface area contributed by atoms with Crippen LogP contribution in [0.1, 0.15) is 44.4 Å². The average molecular weight is 369 g/mol. The molecule has 1 aliphatic heterocycles. The van der Waals surface area contributed by atoms with E-state index in [1.807, 2.05) is 63.2 Å². The van der Waals surface area contributed by atoms with Crippen LogP contribution in [0.25, 0.3) is 0 Å². The first-order valence-corrected chi connectivity index (χ1v) is 9.18. The molecule has 0 saturated carbocycles. The van der Waals surface area contributed by atoms with Crippen LogP contribution in [-0.2, 0) is 4.79 Å². The van der Waals surface area contributed by atoms with E-state index >= 15 is 0 Å². The van der Waals surface area contributed by atoms with Crippen molar-refractivity contribution in [2.24, 2.45) is 0 Å². The summed E-state index contributed by atoms with van der Waals surface area (Å²) in [5.74, 6) is 2.03. The smallest absolute Gasteiger partial charge is 0.261 e. The van der Waals surface area contributed by atoms with E-state index in [2.05, 4.69) is 5.32 Å². The third-order valence-corrected chi connectivity index (χ3v) is 4.66. The molecule has 2 aromatic rings. The number of carbonyl (C=O) groups is 1. The number of aryl methyl sites for hydroxylation is 1. The number of amides is 1. The molecule has 144 valence electrons. The van der Waals surface area contributed by atoms with Crippen LogP contribution in [0.2, 0.25) is 0 Å². The van der Waals surface area contributed by atoms with Crippen LogP contribution in [0.3, 0.4) is 0 Å². The lowest BCUT2D eigenvalue weighted by Crippen LogP contribution is -2.44. The molecule has 0 fully saturated rings. The van der Waals surface area contributed by atoms with Crippen molar-refractivity contribution in [2.45, 2.75) is 51.9 Å². The second-order valence-electron chi connectivity index (χ2n) is 7.61. The van der Waals surface area contributed by atoms with Gasteiger partial charge in [0.15, 0.2) is 6.10 Å². The van der Waals surface area contributed by atoms with Crippen molar-refractivity contribution in [3.63, 3.8) is 0 Å². The largest absolute Gasteiger partial charge is 0.497 e. The SMILES string of the molecule is COc1ccc2c(c1)[C@@H](NC(=O)[C@H](C)Oc1cccc(C)c1)CC(C)(C)O2. The standard InChI is InChI=1S/C22H27NO4/c1-14-7-6-8-17(11-14)26-15(2)21(24)23-19-13-22(3,4)27-20-10-9-16(25-5)12-18(19)20/h6-12,15,19H,13H2,1-5H3,(H,23,24)/t15-,19-/m0/s1. The zero-order chi connectivity index (χ0) is 19.6. The van der Waals surface area contributed by atoms with Gasteiger partial charge in [-0.2, -0.15) is 0 Å². The summed E-state index contributed by atoms with van der Waals surface area (Å²) in [4.78, 5) is 12.8. The Balaban J connectivity index is 1.76. The molecular formula is C22H27NO4. The van der Waals surface area contributed by atoms with Crippen LogP contribution in [-0.4, -0.2) is 24.7 Å². The van der Waals surface area contributed by atoms with Crippen molar-refractivity contribution >= 4 is 5.91 Å². The number of rotatable bonds is 5. The molecule has 2 aromatic carbocycles. The van der Waals surface area contributed by atoms with Crippen molar-refractivity contribution in [3.8, 4) is 17.2 Å². The van der Waals surface area contributed by atoms with Gasteiger partial charge in [-0.1, -0.05) is 12.1 Å². The fourth-order valence-corrected chi connectivity index (χ4v) is 3.32. The fourth-order valence-electron chi connectivity index (χ4n) is 3.32. The number of nitrogens with one attached hydrogen (secondary N) is 1. The van der Waals surface area contributed by atoms with E-state index in [0.717, 1.165) is 22.6 Å². The minimum absolute atomic E-state index is 0.159. The molecule has 2 atom stereocenters. The van der Waals surface area contributed by atoms with E-state index in [0.29, 0.717) is 12.2 Å². The van der Waals surface area contributed by atoms with Crippen LogP contribution < -0.4 is 19.5 Å². The minimum Gasteiger partial charge on any atom is -0.497 e. The first-order chi connectivity index (χ1) is 12.8. The monoisotopic (exact) mass is 369 g/mol. The molecule has 0 saturated heterocycles. The number of fused-ring (bicyclic) bond motifs is 1. The van der Waals surface area contributed by atoms with Gasteiger partial charge in [0, 0.05) is 12.0 Å². The van der Waals surface area contributed by atoms with Crippen LogP contribution in [0.5, 0.6) is 17.2 Å². The molecule has 0 unspecified atom stereocenters. The van der Waals surface area contributed by atoms with Gasteiger partial charge in [-0.15, -0.1) is 0 Å². The predicted octanol–water partition coefficient (Wildman–Crippen LogP) is 4.19. The normalized spacial score (nSPS) is 18.6. The molecule has 1 aliphatic rings. The Labute approximate surface area is 160 Å². The molecular weight excluding hydrogens is 342 g/mol. The van der Waals surface area contributed by atoms with Crippen molar-refractivity contribution < 1.29 is 19.0 Å². The Kier molecular flexibility index (Phi) is 5.31. The summed E-state index contributed by atoms with van der Waals surface area (Å²) < 4.78 is 17.2. The highest BCUT2D eigenvalue weighted by atomic mass is 16.5. The zero-order valence-corrected chi connectivity index (χ0v) is 16.5. The van der Waals surface area contributed by atoms with Crippen LogP contribution >= 0.6 is 0 Å². The van der Waals surface area contributed by atoms with Gasteiger partial charge < -0.3 is 19.5 Å². The van der Waals surface area contributed by atoms with Gasteiger partial charge in [-0.05, 0) is 63.6 Å². The lowest BCUT2D eigenvalue weighted by Gasteiger charge is -2.38.